The van der Waals surface area contributed by atoms with E-state index in [1.807, 2.05) is 0 Å². The van der Waals surface area contributed by atoms with E-state index in [9.17, 15) is 20.2 Å². The van der Waals surface area contributed by atoms with E-state index in [2.05, 4.69) is 4.98 Å². The molecule has 2 aromatic carbocycles. The fraction of sp³-hybridized carbons (Fsp3) is 0. The number of aromatic nitrogens is 1. The number of nitrogens with zero attached hydrogens (tertiary/aromatic N) is 3. The van der Waals surface area contributed by atoms with Gasteiger partial charge in [0.25, 0.3) is 11.4 Å². The minimum absolute atomic E-state index is 0.100. The molecule has 21 heavy (non-hydrogen) atoms. The third-order valence-electron chi connectivity index (χ3n) is 2.87. The molecule has 0 bridgehead atoms. The van der Waals surface area contributed by atoms with Crippen LogP contribution in [0.5, 0.6) is 0 Å². The van der Waals surface area contributed by atoms with E-state index >= 15 is 0 Å². The Labute approximate surface area is 116 Å². The number of hydrogen-bond donors (Lipinski definition) is 0. The van der Waals surface area contributed by atoms with Crippen LogP contribution in [0.15, 0.2) is 46.9 Å². The summed E-state index contributed by atoms with van der Waals surface area (Å²) in [7, 11) is 0. The van der Waals surface area contributed by atoms with Crippen LogP contribution >= 0.6 is 0 Å². The summed E-state index contributed by atoms with van der Waals surface area (Å²) in [5.41, 5.74) is 0.485. The number of fused-ring (bicyclic) bond motifs is 1. The molecule has 8 nitrogen and oxygen atoms in total. The number of rotatable bonds is 3. The molecule has 1 heterocycles. The lowest BCUT2D eigenvalue weighted by Crippen LogP contribution is -1.93. The molecule has 0 saturated heterocycles. The predicted octanol–water partition coefficient (Wildman–Crippen LogP) is 3.31. The van der Waals surface area contributed by atoms with Gasteiger partial charge in [0, 0.05) is 12.1 Å². The first-order valence-corrected chi connectivity index (χ1v) is 5.84. The molecular weight excluding hydrogens is 278 g/mol. The summed E-state index contributed by atoms with van der Waals surface area (Å²) in [6, 6.07) is 10.2. The fourth-order valence-corrected chi connectivity index (χ4v) is 1.93. The Kier molecular flexibility index (Phi) is 2.83. The normalized spacial score (nSPS) is 10.7. The van der Waals surface area contributed by atoms with E-state index in [1.54, 1.807) is 24.3 Å². The van der Waals surface area contributed by atoms with Crippen LogP contribution < -0.4 is 0 Å². The van der Waals surface area contributed by atoms with Crippen LogP contribution in [0.1, 0.15) is 0 Å². The summed E-state index contributed by atoms with van der Waals surface area (Å²) in [6.07, 6.45) is 0. The molecule has 1 aromatic heterocycles. The standard InChI is InChI=1S/C13H7N3O5/c17-15(18)9-5-8(6-10(7-9)16(19)20)13-14-11-3-1-2-4-12(11)21-13/h1-7H. The summed E-state index contributed by atoms with van der Waals surface area (Å²) in [5, 5.41) is 21.7. The first-order valence-electron chi connectivity index (χ1n) is 5.84. The number of nitro benzene ring substituents is 2. The van der Waals surface area contributed by atoms with Crippen LogP contribution in [0.4, 0.5) is 11.4 Å². The van der Waals surface area contributed by atoms with E-state index in [-0.39, 0.29) is 22.8 Å². The summed E-state index contributed by atoms with van der Waals surface area (Å²) in [6.45, 7) is 0. The summed E-state index contributed by atoms with van der Waals surface area (Å²) >= 11 is 0. The molecule has 0 aliphatic carbocycles. The monoisotopic (exact) mass is 285 g/mol. The van der Waals surface area contributed by atoms with Crippen molar-refractivity contribution in [3.8, 4) is 11.5 Å². The number of non-ortho nitro benzene ring substituents is 2. The second kappa shape index (κ2) is 4.67. The molecule has 3 aromatic rings. The molecule has 0 aliphatic heterocycles. The Hall–Kier alpha value is -3.29. The average molecular weight is 285 g/mol. The molecule has 0 atom stereocenters. The van der Waals surface area contributed by atoms with Crippen molar-refractivity contribution in [3.63, 3.8) is 0 Å². The minimum Gasteiger partial charge on any atom is -0.436 e. The molecule has 0 saturated carbocycles. The third-order valence-corrected chi connectivity index (χ3v) is 2.87. The van der Waals surface area contributed by atoms with E-state index < -0.39 is 9.85 Å². The number of hydrogen-bond acceptors (Lipinski definition) is 6. The van der Waals surface area contributed by atoms with E-state index in [0.29, 0.717) is 11.1 Å². The quantitative estimate of drug-likeness (QED) is 0.538. The van der Waals surface area contributed by atoms with Gasteiger partial charge >= 0.3 is 0 Å². The Morgan fingerprint density at radius 3 is 2.14 bits per heavy atom. The summed E-state index contributed by atoms with van der Waals surface area (Å²) in [5.74, 6) is 0.100. The van der Waals surface area contributed by atoms with Crippen molar-refractivity contribution in [2.75, 3.05) is 0 Å². The Balaban J connectivity index is 2.20. The van der Waals surface area contributed by atoms with Crippen molar-refractivity contribution in [3.05, 3.63) is 62.7 Å². The van der Waals surface area contributed by atoms with Gasteiger partial charge < -0.3 is 4.42 Å². The predicted molar refractivity (Wildman–Crippen MR) is 72.8 cm³/mol. The zero-order valence-corrected chi connectivity index (χ0v) is 10.4. The smallest absolute Gasteiger partial charge is 0.277 e. The second-order valence-corrected chi connectivity index (χ2v) is 4.24. The van der Waals surface area contributed by atoms with Gasteiger partial charge in [-0.1, -0.05) is 12.1 Å². The number of para-hydroxylation sites is 2. The van der Waals surface area contributed by atoms with Crippen molar-refractivity contribution in [2.24, 2.45) is 0 Å². The number of nitro groups is 2. The van der Waals surface area contributed by atoms with Crippen molar-refractivity contribution < 1.29 is 14.3 Å². The van der Waals surface area contributed by atoms with Crippen molar-refractivity contribution in [1.29, 1.82) is 0 Å². The van der Waals surface area contributed by atoms with Crippen LogP contribution in [0.2, 0.25) is 0 Å². The van der Waals surface area contributed by atoms with Crippen LogP contribution in [0, 0.1) is 20.2 Å². The molecule has 0 radical (unpaired) electrons. The lowest BCUT2D eigenvalue weighted by molar-refractivity contribution is -0.394. The highest BCUT2D eigenvalue weighted by atomic mass is 16.6. The Bertz CT molecular complexity index is 806. The highest BCUT2D eigenvalue weighted by molar-refractivity contribution is 5.77. The topological polar surface area (TPSA) is 112 Å². The lowest BCUT2D eigenvalue weighted by atomic mass is 10.1. The molecule has 0 fully saturated rings. The van der Waals surface area contributed by atoms with Crippen LogP contribution in [-0.4, -0.2) is 14.8 Å². The van der Waals surface area contributed by atoms with E-state index in [4.69, 9.17) is 4.42 Å². The van der Waals surface area contributed by atoms with E-state index in [0.717, 1.165) is 6.07 Å². The maximum Gasteiger partial charge on any atom is 0.277 e. The van der Waals surface area contributed by atoms with Crippen LogP contribution in [0.25, 0.3) is 22.6 Å². The molecule has 0 aliphatic rings. The molecule has 8 heteroatoms. The molecule has 0 spiro atoms. The van der Waals surface area contributed by atoms with Gasteiger partial charge in [0.1, 0.15) is 5.52 Å². The molecule has 104 valence electrons. The first kappa shape index (κ1) is 12.7. The van der Waals surface area contributed by atoms with Crippen LogP contribution in [0.3, 0.4) is 0 Å². The number of oxazole rings is 1. The molecule has 0 amide bonds. The SMILES string of the molecule is O=[N+]([O-])c1cc(-c2nc3ccccc3o2)cc([N+](=O)[O-])c1. The largest absolute Gasteiger partial charge is 0.436 e. The van der Waals surface area contributed by atoms with Crippen molar-refractivity contribution in [2.45, 2.75) is 0 Å². The van der Waals surface area contributed by atoms with Gasteiger partial charge in [-0.05, 0) is 12.1 Å². The second-order valence-electron chi connectivity index (χ2n) is 4.24. The van der Waals surface area contributed by atoms with Gasteiger partial charge in [0.15, 0.2) is 5.58 Å². The third kappa shape index (κ3) is 2.29. The Morgan fingerprint density at radius 2 is 1.57 bits per heavy atom. The molecule has 0 N–H and O–H groups in total. The molecular formula is C13H7N3O5. The average Bonchev–Trinajstić information content (AvgIpc) is 2.90. The highest BCUT2D eigenvalue weighted by Crippen LogP contribution is 2.30. The van der Waals surface area contributed by atoms with Gasteiger partial charge in [-0.15, -0.1) is 0 Å². The van der Waals surface area contributed by atoms with E-state index in [1.165, 1.54) is 12.1 Å². The Morgan fingerprint density at radius 1 is 0.952 bits per heavy atom. The van der Waals surface area contributed by atoms with Gasteiger partial charge in [0.05, 0.1) is 21.5 Å². The maximum absolute atomic E-state index is 10.9. The van der Waals surface area contributed by atoms with Gasteiger partial charge in [-0.25, -0.2) is 4.98 Å². The molecule has 0 unspecified atom stereocenters. The first-order chi connectivity index (χ1) is 10.0. The lowest BCUT2D eigenvalue weighted by Gasteiger charge is -1.97. The van der Waals surface area contributed by atoms with Gasteiger partial charge in [0.2, 0.25) is 5.89 Å². The van der Waals surface area contributed by atoms with Crippen molar-refractivity contribution >= 4 is 22.5 Å². The van der Waals surface area contributed by atoms with Crippen LogP contribution in [-0.2, 0) is 0 Å². The number of benzene rings is 2. The van der Waals surface area contributed by atoms with Gasteiger partial charge in [-0.3, -0.25) is 20.2 Å². The zero-order valence-electron chi connectivity index (χ0n) is 10.4. The minimum atomic E-state index is -0.695. The summed E-state index contributed by atoms with van der Waals surface area (Å²) in [4.78, 5) is 24.5. The summed E-state index contributed by atoms with van der Waals surface area (Å²) < 4.78 is 5.47. The molecule has 3 rings (SSSR count). The van der Waals surface area contributed by atoms with Crippen molar-refractivity contribution in [1.82, 2.24) is 4.98 Å². The maximum atomic E-state index is 10.9. The van der Waals surface area contributed by atoms with Gasteiger partial charge in [-0.2, -0.15) is 0 Å². The highest BCUT2D eigenvalue weighted by Gasteiger charge is 2.19. The fourth-order valence-electron chi connectivity index (χ4n) is 1.93. The zero-order chi connectivity index (χ0) is 15.0.